The van der Waals surface area contributed by atoms with Crippen LogP contribution in [0.1, 0.15) is 25.4 Å². The van der Waals surface area contributed by atoms with E-state index in [0.717, 1.165) is 12.3 Å². The van der Waals surface area contributed by atoms with Crippen molar-refractivity contribution in [2.75, 3.05) is 13.6 Å². The molecule has 0 saturated carbocycles. The topological polar surface area (TPSA) is 33.5 Å². The number of likely N-dealkylation sites (N-methyl/N-ethyl adjacent to an activating group) is 1. The Labute approximate surface area is 96.7 Å². The summed E-state index contributed by atoms with van der Waals surface area (Å²) in [5.74, 6) is 2.04. The second-order valence-corrected chi connectivity index (χ2v) is 4.39. The summed E-state index contributed by atoms with van der Waals surface area (Å²) in [6.07, 6.45) is 3.24. The number of nitrogens with zero attached hydrogens (tertiary/aromatic N) is 1. The molecule has 1 rings (SSSR count). The highest BCUT2D eigenvalue weighted by Gasteiger charge is 2.06. The smallest absolute Gasteiger partial charge is 0.246 e. The fourth-order valence-corrected chi connectivity index (χ4v) is 1.46. The molecule has 3 nitrogen and oxygen atoms in total. The van der Waals surface area contributed by atoms with Crippen molar-refractivity contribution < 1.29 is 9.21 Å². The van der Waals surface area contributed by atoms with E-state index in [1.165, 1.54) is 0 Å². The van der Waals surface area contributed by atoms with Gasteiger partial charge in [-0.3, -0.25) is 4.79 Å². The van der Waals surface area contributed by atoms with Gasteiger partial charge in [-0.05, 0) is 31.1 Å². The maximum atomic E-state index is 11.7. The van der Waals surface area contributed by atoms with E-state index in [9.17, 15) is 4.79 Å². The Kier molecular flexibility index (Phi) is 4.35. The van der Waals surface area contributed by atoms with Crippen LogP contribution >= 0.6 is 0 Å². The lowest BCUT2D eigenvalue weighted by Crippen LogP contribution is -2.28. The maximum absolute atomic E-state index is 11.7. The highest BCUT2D eigenvalue weighted by atomic mass is 16.3. The number of hydrogen-bond acceptors (Lipinski definition) is 2. The molecule has 0 aliphatic carbocycles. The lowest BCUT2D eigenvalue weighted by Gasteiger charge is -2.17. The third kappa shape index (κ3) is 3.93. The molecule has 0 N–H and O–H groups in total. The molecule has 3 heteroatoms. The number of furan rings is 1. The number of rotatable bonds is 4. The fraction of sp³-hybridized carbons (Fsp3) is 0.462. The number of carbonyl (C=O) groups excluding carboxylic acids is 1. The highest BCUT2D eigenvalue weighted by Crippen LogP contribution is 2.08. The average molecular weight is 221 g/mol. The van der Waals surface area contributed by atoms with E-state index in [1.54, 1.807) is 24.1 Å². The van der Waals surface area contributed by atoms with Crippen molar-refractivity contribution in [3.8, 4) is 0 Å². The van der Waals surface area contributed by atoms with Gasteiger partial charge in [0.15, 0.2) is 0 Å². The Morgan fingerprint density at radius 3 is 2.69 bits per heavy atom. The zero-order valence-electron chi connectivity index (χ0n) is 10.4. The minimum absolute atomic E-state index is 0.00255. The summed E-state index contributed by atoms with van der Waals surface area (Å²) < 4.78 is 5.34. The lowest BCUT2D eigenvalue weighted by atomic mass is 10.2. The van der Waals surface area contributed by atoms with Gasteiger partial charge in [-0.15, -0.1) is 0 Å². The zero-order valence-corrected chi connectivity index (χ0v) is 10.4. The van der Waals surface area contributed by atoms with Crippen LogP contribution in [0.25, 0.3) is 6.08 Å². The van der Waals surface area contributed by atoms with Crippen molar-refractivity contribution in [3.63, 3.8) is 0 Å². The van der Waals surface area contributed by atoms with Crippen molar-refractivity contribution in [3.05, 3.63) is 29.7 Å². The summed E-state index contributed by atoms with van der Waals surface area (Å²) in [7, 11) is 1.81. The molecular formula is C13H19NO2. The van der Waals surface area contributed by atoms with Gasteiger partial charge in [0.2, 0.25) is 5.91 Å². The van der Waals surface area contributed by atoms with E-state index in [0.29, 0.717) is 11.7 Å². The second-order valence-electron chi connectivity index (χ2n) is 4.39. The van der Waals surface area contributed by atoms with Crippen LogP contribution < -0.4 is 0 Å². The standard InChI is InChI=1S/C13H19NO2/c1-10(2)9-14(4)13(15)8-7-12-6-5-11(3)16-12/h5-8,10H,9H2,1-4H3/b8-7+. The predicted molar refractivity (Wildman–Crippen MR) is 65.0 cm³/mol. The summed E-state index contributed by atoms with van der Waals surface area (Å²) in [6, 6.07) is 3.73. The highest BCUT2D eigenvalue weighted by molar-refractivity contribution is 5.91. The second kappa shape index (κ2) is 5.54. The SMILES string of the molecule is Cc1ccc(/C=C/C(=O)N(C)CC(C)C)o1. The summed E-state index contributed by atoms with van der Waals surface area (Å²) in [4.78, 5) is 13.4. The van der Waals surface area contributed by atoms with Crippen LogP contribution in [0.3, 0.4) is 0 Å². The van der Waals surface area contributed by atoms with Gasteiger partial charge in [-0.2, -0.15) is 0 Å². The molecule has 0 spiro atoms. The molecule has 16 heavy (non-hydrogen) atoms. The van der Waals surface area contributed by atoms with Crippen LogP contribution in [-0.2, 0) is 4.79 Å². The van der Waals surface area contributed by atoms with Crippen molar-refractivity contribution in [2.24, 2.45) is 5.92 Å². The minimum Gasteiger partial charge on any atom is -0.462 e. The normalized spacial score (nSPS) is 11.3. The third-order valence-electron chi connectivity index (χ3n) is 2.17. The van der Waals surface area contributed by atoms with Gasteiger partial charge in [0.05, 0.1) is 0 Å². The van der Waals surface area contributed by atoms with Gasteiger partial charge in [-0.1, -0.05) is 13.8 Å². The van der Waals surface area contributed by atoms with Crippen LogP contribution in [0.4, 0.5) is 0 Å². The summed E-state index contributed by atoms with van der Waals surface area (Å²) in [6.45, 7) is 6.82. The van der Waals surface area contributed by atoms with E-state index < -0.39 is 0 Å². The van der Waals surface area contributed by atoms with E-state index in [2.05, 4.69) is 13.8 Å². The largest absolute Gasteiger partial charge is 0.462 e. The van der Waals surface area contributed by atoms with Crippen LogP contribution in [0.15, 0.2) is 22.6 Å². The van der Waals surface area contributed by atoms with Crippen molar-refractivity contribution in [2.45, 2.75) is 20.8 Å². The van der Waals surface area contributed by atoms with Crippen LogP contribution in [-0.4, -0.2) is 24.4 Å². The van der Waals surface area contributed by atoms with Crippen LogP contribution in [0.2, 0.25) is 0 Å². The number of carbonyl (C=O) groups is 1. The molecule has 0 unspecified atom stereocenters. The summed E-state index contributed by atoms with van der Waals surface area (Å²) in [5.41, 5.74) is 0. The molecule has 1 aromatic rings. The molecule has 88 valence electrons. The number of hydrogen-bond donors (Lipinski definition) is 0. The molecule has 1 aromatic heterocycles. The van der Waals surface area contributed by atoms with Crippen molar-refractivity contribution >= 4 is 12.0 Å². The van der Waals surface area contributed by atoms with Gasteiger partial charge in [0, 0.05) is 19.7 Å². The molecule has 0 aliphatic heterocycles. The summed E-state index contributed by atoms with van der Waals surface area (Å²) in [5, 5.41) is 0. The van der Waals surface area contributed by atoms with Crippen LogP contribution in [0.5, 0.6) is 0 Å². The lowest BCUT2D eigenvalue weighted by molar-refractivity contribution is -0.125. The molecule has 1 heterocycles. The number of amides is 1. The summed E-state index contributed by atoms with van der Waals surface area (Å²) >= 11 is 0. The first-order valence-electron chi connectivity index (χ1n) is 5.48. The minimum atomic E-state index is 0.00255. The molecule has 0 aromatic carbocycles. The molecule has 0 saturated heterocycles. The van der Waals surface area contributed by atoms with Gasteiger partial charge >= 0.3 is 0 Å². The van der Waals surface area contributed by atoms with E-state index in [-0.39, 0.29) is 5.91 Å². The molecule has 0 fully saturated rings. The monoisotopic (exact) mass is 221 g/mol. The Bertz CT molecular complexity index is 377. The molecule has 0 radical (unpaired) electrons. The Morgan fingerprint density at radius 1 is 1.50 bits per heavy atom. The number of aryl methyl sites for hydroxylation is 1. The van der Waals surface area contributed by atoms with Crippen LogP contribution in [0, 0.1) is 12.8 Å². The Hall–Kier alpha value is -1.51. The third-order valence-corrected chi connectivity index (χ3v) is 2.17. The molecule has 0 atom stereocenters. The molecule has 1 amide bonds. The van der Waals surface area contributed by atoms with Crippen molar-refractivity contribution in [1.82, 2.24) is 4.90 Å². The molecule has 0 aliphatic rings. The quantitative estimate of drug-likeness (QED) is 0.732. The van der Waals surface area contributed by atoms with E-state index in [1.807, 2.05) is 19.1 Å². The maximum Gasteiger partial charge on any atom is 0.246 e. The van der Waals surface area contributed by atoms with Gasteiger partial charge in [-0.25, -0.2) is 0 Å². The predicted octanol–water partition coefficient (Wildman–Crippen LogP) is 2.72. The van der Waals surface area contributed by atoms with Gasteiger partial charge in [0.1, 0.15) is 11.5 Å². The first-order chi connectivity index (χ1) is 7.49. The van der Waals surface area contributed by atoms with E-state index in [4.69, 9.17) is 4.42 Å². The first-order valence-corrected chi connectivity index (χ1v) is 5.48. The average Bonchev–Trinajstić information content (AvgIpc) is 2.59. The molecular weight excluding hydrogens is 202 g/mol. The Balaban J connectivity index is 2.53. The van der Waals surface area contributed by atoms with Gasteiger partial charge < -0.3 is 9.32 Å². The fourth-order valence-electron chi connectivity index (χ4n) is 1.46. The van der Waals surface area contributed by atoms with Gasteiger partial charge in [0.25, 0.3) is 0 Å². The molecule has 0 bridgehead atoms. The Morgan fingerprint density at radius 2 is 2.19 bits per heavy atom. The van der Waals surface area contributed by atoms with E-state index >= 15 is 0 Å². The first kappa shape index (κ1) is 12.6. The zero-order chi connectivity index (χ0) is 12.1. The van der Waals surface area contributed by atoms with Crippen molar-refractivity contribution in [1.29, 1.82) is 0 Å².